The van der Waals surface area contributed by atoms with Crippen LogP contribution in [0.4, 0.5) is 0 Å². The molecule has 1 aliphatic heterocycles. The fourth-order valence-electron chi connectivity index (χ4n) is 2.58. The molecule has 0 radical (unpaired) electrons. The summed E-state index contributed by atoms with van der Waals surface area (Å²) >= 11 is 0. The molecule has 0 bridgehead atoms. The molecule has 1 saturated carbocycles. The van der Waals surface area contributed by atoms with E-state index in [0.29, 0.717) is 22.6 Å². The number of fused-ring (bicyclic) bond motifs is 1. The summed E-state index contributed by atoms with van der Waals surface area (Å²) in [7, 11) is 2.99. The number of esters is 1. The van der Waals surface area contributed by atoms with Gasteiger partial charge in [0.05, 0.1) is 14.2 Å². The van der Waals surface area contributed by atoms with Crippen LogP contribution in [0.3, 0.4) is 0 Å². The third kappa shape index (κ3) is 2.03. The zero-order chi connectivity index (χ0) is 14.3. The minimum absolute atomic E-state index is 0.165. The molecular formula is C15H16O5. The highest BCUT2D eigenvalue weighted by atomic mass is 16.6. The molecule has 1 atom stereocenters. The van der Waals surface area contributed by atoms with Gasteiger partial charge in [0.25, 0.3) is 0 Å². The highest BCUT2D eigenvalue weighted by molar-refractivity contribution is 5.98. The number of hydrogen-bond donors (Lipinski definition) is 0. The van der Waals surface area contributed by atoms with Crippen molar-refractivity contribution in [1.29, 1.82) is 0 Å². The summed E-state index contributed by atoms with van der Waals surface area (Å²) in [5.41, 5.74) is 1.09. The summed E-state index contributed by atoms with van der Waals surface area (Å²) in [4.78, 5) is 23.9. The van der Waals surface area contributed by atoms with Crippen molar-refractivity contribution in [3.8, 4) is 11.5 Å². The van der Waals surface area contributed by atoms with Crippen LogP contribution in [-0.2, 0) is 9.53 Å². The first-order valence-corrected chi connectivity index (χ1v) is 6.64. The maximum Gasteiger partial charge on any atom is 0.343 e. The van der Waals surface area contributed by atoms with Crippen molar-refractivity contribution in [2.45, 2.75) is 25.4 Å². The van der Waals surface area contributed by atoms with Gasteiger partial charge in [0.2, 0.25) is 0 Å². The van der Waals surface area contributed by atoms with Crippen molar-refractivity contribution in [2.75, 3.05) is 14.2 Å². The lowest BCUT2D eigenvalue weighted by molar-refractivity contribution is -0.122. The van der Waals surface area contributed by atoms with Crippen LogP contribution >= 0.6 is 0 Å². The molecule has 0 amide bonds. The van der Waals surface area contributed by atoms with E-state index in [1.165, 1.54) is 14.2 Å². The van der Waals surface area contributed by atoms with E-state index >= 15 is 0 Å². The summed E-state index contributed by atoms with van der Waals surface area (Å²) in [6.07, 6.45) is 1.67. The van der Waals surface area contributed by atoms with E-state index in [9.17, 15) is 9.59 Å². The van der Waals surface area contributed by atoms with Gasteiger partial charge in [-0.2, -0.15) is 0 Å². The summed E-state index contributed by atoms with van der Waals surface area (Å²) in [5, 5.41) is 0. The number of benzene rings is 1. The first-order valence-electron chi connectivity index (χ1n) is 6.64. The average molecular weight is 276 g/mol. The van der Waals surface area contributed by atoms with Crippen molar-refractivity contribution >= 4 is 11.8 Å². The molecule has 1 unspecified atom stereocenters. The predicted molar refractivity (Wildman–Crippen MR) is 70.1 cm³/mol. The van der Waals surface area contributed by atoms with Crippen LogP contribution in [0.2, 0.25) is 0 Å². The molecule has 2 aliphatic rings. The maximum atomic E-state index is 12.0. The average Bonchev–Trinajstić information content (AvgIpc) is 3.25. The summed E-state index contributed by atoms with van der Waals surface area (Å²) in [6, 6.07) is 3.50. The van der Waals surface area contributed by atoms with E-state index in [2.05, 4.69) is 0 Å². The zero-order valence-electron chi connectivity index (χ0n) is 11.5. The molecule has 5 heteroatoms. The van der Waals surface area contributed by atoms with Crippen LogP contribution in [0, 0.1) is 5.92 Å². The zero-order valence-corrected chi connectivity index (χ0v) is 11.5. The van der Waals surface area contributed by atoms with Gasteiger partial charge in [-0.1, -0.05) is 6.07 Å². The number of hydrogen-bond acceptors (Lipinski definition) is 5. The first-order chi connectivity index (χ1) is 9.65. The maximum absolute atomic E-state index is 12.0. The van der Waals surface area contributed by atoms with E-state index in [1.807, 2.05) is 0 Å². The molecule has 5 nitrogen and oxygen atoms in total. The first kappa shape index (κ1) is 13.0. The minimum atomic E-state index is -0.495. The van der Waals surface area contributed by atoms with Gasteiger partial charge in [-0.25, -0.2) is 4.79 Å². The Hall–Kier alpha value is -2.04. The highest BCUT2D eigenvalue weighted by Gasteiger charge is 2.39. The van der Waals surface area contributed by atoms with Crippen molar-refractivity contribution in [3.05, 3.63) is 23.3 Å². The Kier molecular flexibility index (Phi) is 3.12. The van der Waals surface area contributed by atoms with Crippen molar-refractivity contribution in [3.63, 3.8) is 0 Å². The predicted octanol–water partition coefficient (Wildman–Crippen LogP) is 2.28. The quantitative estimate of drug-likeness (QED) is 0.772. The Morgan fingerprint density at radius 3 is 2.65 bits per heavy atom. The normalized spacial score (nSPS) is 20.3. The topological polar surface area (TPSA) is 61.8 Å². The Labute approximate surface area is 116 Å². The van der Waals surface area contributed by atoms with Gasteiger partial charge in [-0.3, -0.25) is 4.79 Å². The number of cyclic esters (lactones) is 1. The van der Waals surface area contributed by atoms with E-state index in [4.69, 9.17) is 14.2 Å². The third-order valence-corrected chi connectivity index (χ3v) is 3.80. The van der Waals surface area contributed by atoms with E-state index in [1.54, 1.807) is 12.1 Å². The van der Waals surface area contributed by atoms with Gasteiger partial charge in [0.15, 0.2) is 11.5 Å². The van der Waals surface area contributed by atoms with Crippen LogP contribution in [0.15, 0.2) is 12.1 Å². The largest absolute Gasteiger partial charge is 0.493 e. The Balaban J connectivity index is 1.94. The molecule has 20 heavy (non-hydrogen) atoms. The van der Waals surface area contributed by atoms with Gasteiger partial charge in [0, 0.05) is 17.9 Å². The Morgan fingerprint density at radius 2 is 2.05 bits per heavy atom. The standard InChI is InChI=1S/C15H16O5/c1-18-11-6-5-9-12(7-10(16)8-3-4-8)20-15(17)13(9)14(11)19-2/h5-6,8,12H,3-4,7H2,1-2H3. The number of ketones is 1. The number of carbonyl (C=O) groups is 2. The summed E-state index contributed by atoms with van der Waals surface area (Å²) in [6.45, 7) is 0. The molecule has 3 rings (SSSR count). The number of Topliss-reactive ketones (excluding diaryl/α,β-unsaturated/α-hetero) is 1. The number of rotatable bonds is 5. The molecule has 0 N–H and O–H groups in total. The number of methoxy groups -OCH3 is 2. The molecule has 0 aromatic heterocycles. The molecule has 1 aliphatic carbocycles. The third-order valence-electron chi connectivity index (χ3n) is 3.80. The van der Waals surface area contributed by atoms with Crippen LogP contribution in [0.5, 0.6) is 11.5 Å². The second kappa shape index (κ2) is 4.81. The van der Waals surface area contributed by atoms with Gasteiger partial charge in [-0.05, 0) is 18.9 Å². The lowest BCUT2D eigenvalue weighted by Gasteiger charge is -2.11. The van der Waals surface area contributed by atoms with E-state index < -0.39 is 12.1 Å². The second-order valence-electron chi connectivity index (χ2n) is 5.10. The fourth-order valence-corrected chi connectivity index (χ4v) is 2.58. The number of carbonyl (C=O) groups excluding carboxylic acids is 2. The molecule has 1 aromatic carbocycles. The van der Waals surface area contributed by atoms with Crippen LogP contribution in [0.25, 0.3) is 0 Å². The SMILES string of the molecule is COc1ccc2c(c1OC)C(=O)OC2CC(=O)C1CC1. The van der Waals surface area contributed by atoms with Gasteiger partial charge >= 0.3 is 5.97 Å². The lowest BCUT2D eigenvalue weighted by atomic mass is 9.99. The van der Waals surface area contributed by atoms with Crippen molar-refractivity contribution in [1.82, 2.24) is 0 Å². The number of ether oxygens (including phenoxy) is 3. The smallest absolute Gasteiger partial charge is 0.343 e. The molecule has 1 fully saturated rings. The van der Waals surface area contributed by atoms with E-state index in [0.717, 1.165) is 12.8 Å². The van der Waals surface area contributed by atoms with Gasteiger partial charge < -0.3 is 14.2 Å². The second-order valence-corrected chi connectivity index (χ2v) is 5.10. The van der Waals surface area contributed by atoms with E-state index in [-0.39, 0.29) is 18.1 Å². The van der Waals surface area contributed by atoms with Crippen molar-refractivity contribution in [2.24, 2.45) is 5.92 Å². The Morgan fingerprint density at radius 1 is 1.30 bits per heavy atom. The monoisotopic (exact) mass is 276 g/mol. The summed E-state index contributed by atoms with van der Waals surface area (Å²) in [5.74, 6) is 0.737. The molecular weight excluding hydrogens is 260 g/mol. The Bertz CT molecular complexity index is 574. The fraction of sp³-hybridized carbons (Fsp3) is 0.467. The molecule has 0 saturated heterocycles. The van der Waals surface area contributed by atoms with Gasteiger partial charge in [-0.15, -0.1) is 0 Å². The minimum Gasteiger partial charge on any atom is -0.493 e. The van der Waals surface area contributed by atoms with Gasteiger partial charge in [0.1, 0.15) is 17.5 Å². The lowest BCUT2D eigenvalue weighted by Crippen LogP contribution is -2.08. The molecule has 1 heterocycles. The molecule has 0 spiro atoms. The highest BCUT2D eigenvalue weighted by Crippen LogP contribution is 2.44. The summed E-state index contributed by atoms with van der Waals surface area (Å²) < 4.78 is 15.8. The molecule has 1 aromatic rings. The van der Waals surface area contributed by atoms with Crippen LogP contribution in [-0.4, -0.2) is 26.0 Å². The van der Waals surface area contributed by atoms with Crippen molar-refractivity contribution < 1.29 is 23.8 Å². The van der Waals surface area contributed by atoms with Crippen LogP contribution < -0.4 is 9.47 Å². The molecule has 106 valence electrons. The van der Waals surface area contributed by atoms with Crippen LogP contribution in [0.1, 0.15) is 41.3 Å².